The van der Waals surface area contributed by atoms with Crippen LogP contribution in [0, 0.1) is 5.82 Å². The third-order valence-corrected chi connectivity index (χ3v) is 3.55. The Labute approximate surface area is 134 Å². The quantitative estimate of drug-likeness (QED) is 0.759. The molecule has 0 amide bonds. The van der Waals surface area contributed by atoms with Gasteiger partial charge in [-0.1, -0.05) is 23.2 Å². The zero-order valence-electron chi connectivity index (χ0n) is 10.4. The second-order valence-corrected chi connectivity index (χ2v) is 5.48. The first-order chi connectivity index (χ1) is 9.51. The van der Waals surface area contributed by atoms with Crippen molar-refractivity contribution in [3.63, 3.8) is 0 Å². The van der Waals surface area contributed by atoms with Crippen LogP contribution in [0.1, 0.15) is 6.92 Å². The number of ether oxygens (including phenoxy) is 1. The maximum absolute atomic E-state index is 13.4. The van der Waals surface area contributed by atoms with E-state index in [2.05, 4.69) is 26.2 Å². The molecule has 0 radical (unpaired) electrons. The van der Waals surface area contributed by atoms with Crippen LogP contribution in [0.2, 0.25) is 10.0 Å². The van der Waals surface area contributed by atoms with Gasteiger partial charge < -0.3 is 10.1 Å². The molecular weight excluding hydrogens is 370 g/mol. The molecule has 20 heavy (non-hydrogen) atoms. The van der Waals surface area contributed by atoms with E-state index in [1.807, 2.05) is 6.92 Å². The van der Waals surface area contributed by atoms with Gasteiger partial charge in [-0.15, -0.1) is 0 Å². The first-order valence-corrected chi connectivity index (χ1v) is 7.29. The monoisotopic (exact) mass is 378 g/mol. The summed E-state index contributed by atoms with van der Waals surface area (Å²) in [6.07, 6.45) is 0. The van der Waals surface area contributed by atoms with E-state index in [-0.39, 0.29) is 10.9 Å². The van der Waals surface area contributed by atoms with Gasteiger partial charge >= 0.3 is 0 Å². The molecule has 106 valence electrons. The normalized spacial score (nSPS) is 10.4. The number of aromatic nitrogens is 1. The summed E-state index contributed by atoms with van der Waals surface area (Å²) >= 11 is 15.1. The fourth-order valence-electron chi connectivity index (χ4n) is 1.46. The minimum atomic E-state index is -0.431. The van der Waals surface area contributed by atoms with Gasteiger partial charge in [0.25, 0.3) is 0 Å². The van der Waals surface area contributed by atoms with E-state index in [0.717, 1.165) is 0 Å². The van der Waals surface area contributed by atoms with E-state index < -0.39 is 5.82 Å². The highest BCUT2D eigenvalue weighted by molar-refractivity contribution is 9.10. The topological polar surface area (TPSA) is 34.2 Å². The van der Waals surface area contributed by atoms with Crippen molar-refractivity contribution in [1.82, 2.24) is 4.98 Å². The second-order valence-electron chi connectivity index (χ2n) is 3.81. The third kappa shape index (κ3) is 3.53. The summed E-state index contributed by atoms with van der Waals surface area (Å²) in [5.41, 5.74) is 0. The largest absolute Gasteiger partial charge is 0.437 e. The Bertz CT molecular complexity index is 640. The Morgan fingerprint density at radius 3 is 2.70 bits per heavy atom. The van der Waals surface area contributed by atoms with Crippen molar-refractivity contribution in [1.29, 1.82) is 0 Å². The lowest BCUT2D eigenvalue weighted by atomic mass is 10.3. The Morgan fingerprint density at radius 2 is 2.05 bits per heavy atom. The molecule has 1 aromatic heterocycles. The summed E-state index contributed by atoms with van der Waals surface area (Å²) in [6, 6.07) is 5.91. The summed E-state index contributed by atoms with van der Waals surface area (Å²) in [6.45, 7) is 2.57. The maximum Gasteiger partial charge on any atom is 0.240 e. The molecule has 1 heterocycles. The molecule has 0 spiro atoms. The molecule has 0 aliphatic rings. The minimum Gasteiger partial charge on any atom is -0.437 e. The Morgan fingerprint density at radius 1 is 1.30 bits per heavy atom. The Balaban J connectivity index is 2.32. The van der Waals surface area contributed by atoms with Crippen molar-refractivity contribution in [3.05, 3.63) is 44.6 Å². The van der Waals surface area contributed by atoms with E-state index in [0.29, 0.717) is 27.6 Å². The highest BCUT2D eigenvalue weighted by atomic mass is 79.9. The number of hydrogen-bond acceptors (Lipinski definition) is 3. The average molecular weight is 380 g/mol. The minimum absolute atomic E-state index is 0.161. The molecule has 2 rings (SSSR count). The summed E-state index contributed by atoms with van der Waals surface area (Å²) in [7, 11) is 0. The Kier molecular flexibility index (Phi) is 5.07. The molecule has 1 aromatic carbocycles. The number of halogens is 4. The molecule has 3 nitrogen and oxygen atoms in total. The molecule has 2 aromatic rings. The first kappa shape index (κ1) is 15.4. The van der Waals surface area contributed by atoms with Gasteiger partial charge in [0.15, 0.2) is 0 Å². The summed E-state index contributed by atoms with van der Waals surface area (Å²) in [4.78, 5) is 4.18. The number of hydrogen-bond donors (Lipinski definition) is 1. The molecule has 0 bridgehead atoms. The highest BCUT2D eigenvalue weighted by Gasteiger charge is 2.12. The van der Waals surface area contributed by atoms with E-state index in [1.165, 1.54) is 12.1 Å². The average Bonchev–Trinajstić information content (AvgIpc) is 2.39. The summed E-state index contributed by atoms with van der Waals surface area (Å²) in [5.74, 6) is 0.490. The first-order valence-electron chi connectivity index (χ1n) is 5.74. The van der Waals surface area contributed by atoms with Crippen LogP contribution in [0.25, 0.3) is 0 Å². The fraction of sp³-hybridized carbons (Fsp3) is 0.154. The van der Waals surface area contributed by atoms with Gasteiger partial charge in [0.05, 0.1) is 9.50 Å². The van der Waals surface area contributed by atoms with Crippen LogP contribution in [0.4, 0.5) is 10.2 Å². The van der Waals surface area contributed by atoms with E-state index >= 15 is 0 Å². The number of nitrogens with one attached hydrogen (secondary N) is 1. The summed E-state index contributed by atoms with van der Waals surface area (Å²) in [5, 5.41) is 3.63. The number of benzene rings is 1. The van der Waals surface area contributed by atoms with Crippen molar-refractivity contribution in [2.75, 3.05) is 11.9 Å². The lowest BCUT2D eigenvalue weighted by Crippen LogP contribution is -2.01. The molecular formula is C13H10BrCl2FN2O. The number of anilines is 1. The van der Waals surface area contributed by atoms with Crippen molar-refractivity contribution < 1.29 is 9.13 Å². The van der Waals surface area contributed by atoms with Gasteiger partial charge in [-0.3, -0.25) is 0 Å². The molecule has 0 aliphatic heterocycles. The van der Waals surface area contributed by atoms with Crippen molar-refractivity contribution >= 4 is 44.9 Å². The van der Waals surface area contributed by atoms with Crippen molar-refractivity contribution in [2.24, 2.45) is 0 Å². The van der Waals surface area contributed by atoms with Gasteiger partial charge in [-0.25, -0.2) is 4.39 Å². The van der Waals surface area contributed by atoms with Crippen molar-refractivity contribution in [3.8, 4) is 11.6 Å². The van der Waals surface area contributed by atoms with Crippen LogP contribution in [-0.2, 0) is 0 Å². The van der Waals surface area contributed by atoms with E-state index in [4.69, 9.17) is 27.9 Å². The SMILES string of the molecule is CCNc1nc(Oc2ccc(Br)c(F)c2)c(Cl)cc1Cl. The third-order valence-electron chi connectivity index (χ3n) is 2.35. The van der Waals surface area contributed by atoms with Gasteiger partial charge in [0, 0.05) is 12.6 Å². The van der Waals surface area contributed by atoms with Crippen LogP contribution in [0.5, 0.6) is 11.6 Å². The zero-order chi connectivity index (χ0) is 14.7. The van der Waals surface area contributed by atoms with E-state index in [9.17, 15) is 4.39 Å². The molecule has 0 atom stereocenters. The molecule has 7 heteroatoms. The van der Waals surface area contributed by atoms with E-state index in [1.54, 1.807) is 12.1 Å². The van der Waals surface area contributed by atoms with Crippen LogP contribution in [0.15, 0.2) is 28.7 Å². The number of nitrogens with zero attached hydrogens (tertiary/aromatic N) is 1. The summed E-state index contributed by atoms with van der Waals surface area (Å²) < 4.78 is 19.3. The highest BCUT2D eigenvalue weighted by Crippen LogP contribution is 2.34. The second kappa shape index (κ2) is 6.61. The predicted molar refractivity (Wildman–Crippen MR) is 82.6 cm³/mol. The van der Waals surface area contributed by atoms with Gasteiger partial charge in [0.1, 0.15) is 22.4 Å². The molecule has 0 fully saturated rings. The molecule has 0 saturated heterocycles. The molecule has 0 saturated carbocycles. The van der Waals surface area contributed by atoms with Gasteiger partial charge in [0.2, 0.25) is 5.88 Å². The predicted octanol–water partition coefficient (Wildman–Crippen LogP) is 5.51. The number of rotatable bonds is 4. The Hall–Kier alpha value is -1.04. The van der Waals surface area contributed by atoms with Crippen molar-refractivity contribution in [2.45, 2.75) is 6.92 Å². The molecule has 0 aliphatic carbocycles. The molecule has 0 unspecified atom stereocenters. The van der Waals surface area contributed by atoms with Gasteiger partial charge in [-0.05, 0) is 41.1 Å². The van der Waals surface area contributed by atoms with Gasteiger partial charge in [-0.2, -0.15) is 4.98 Å². The van der Waals surface area contributed by atoms with Crippen LogP contribution < -0.4 is 10.1 Å². The number of pyridine rings is 1. The zero-order valence-corrected chi connectivity index (χ0v) is 13.5. The molecule has 1 N–H and O–H groups in total. The smallest absolute Gasteiger partial charge is 0.240 e. The lowest BCUT2D eigenvalue weighted by molar-refractivity contribution is 0.458. The fourth-order valence-corrected chi connectivity index (χ4v) is 2.18. The maximum atomic E-state index is 13.4. The van der Waals surface area contributed by atoms with Crippen LogP contribution in [-0.4, -0.2) is 11.5 Å². The van der Waals surface area contributed by atoms with Crippen LogP contribution >= 0.6 is 39.1 Å². The lowest BCUT2D eigenvalue weighted by Gasteiger charge is -2.11. The standard InChI is InChI=1S/C13H10BrCl2FN2O/c1-2-18-12-9(15)6-10(16)13(19-12)20-7-3-4-8(14)11(17)5-7/h3-6H,2H2,1H3,(H,18,19). The van der Waals surface area contributed by atoms with Crippen LogP contribution in [0.3, 0.4) is 0 Å².